The molecule has 1 aliphatic heterocycles. The molecule has 0 bridgehead atoms. The Balaban J connectivity index is 1.59. The van der Waals surface area contributed by atoms with Crippen LogP contribution in [0.3, 0.4) is 0 Å². The van der Waals surface area contributed by atoms with Gasteiger partial charge in [-0.1, -0.05) is 40.6 Å². The molecule has 0 N–H and O–H groups in total. The standard InChI is InChI=1S/C22H23Cl2N3O2S/c1-15-3-4-19-20(11-15)30-22(25-19)27(6-2-5-26-7-9-29-10-8-26)21(28)16-12-17(23)14-18(24)13-16/h3-4,11-14H,2,5-10H2,1H3. The van der Waals surface area contributed by atoms with Crippen LogP contribution < -0.4 is 4.90 Å². The highest BCUT2D eigenvalue weighted by atomic mass is 35.5. The molecule has 0 unspecified atom stereocenters. The van der Waals surface area contributed by atoms with Gasteiger partial charge in [-0.05, 0) is 49.2 Å². The molecule has 2 aromatic carbocycles. The maximum absolute atomic E-state index is 13.4. The van der Waals surface area contributed by atoms with E-state index in [1.165, 1.54) is 16.9 Å². The second kappa shape index (κ2) is 9.62. The summed E-state index contributed by atoms with van der Waals surface area (Å²) in [7, 11) is 0. The van der Waals surface area contributed by atoms with Crippen LogP contribution >= 0.6 is 34.5 Å². The molecule has 30 heavy (non-hydrogen) atoms. The number of morpholine rings is 1. The summed E-state index contributed by atoms with van der Waals surface area (Å²) in [5.41, 5.74) is 2.54. The molecule has 1 fully saturated rings. The first-order chi connectivity index (χ1) is 14.5. The Kier molecular flexibility index (Phi) is 6.91. The molecule has 0 atom stereocenters. The maximum Gasteiger partial charge on any atom is 0.260 e. The smallest absolute Gasteiger partial charge is 0.260 e. The number of carbonyl (C=O) groups is 1. The molecular weight excluding hydrogens is 441 g/mol. The van der Waals surface area contributed by atoms with E-state index in [0.717, 1.165) is 49.5 Å². The van der Waals surface area contributed by atoms with Crippen molar-refractivity contribution in [2.75, 3.05) is 44.3 Å². The van der Waals surface area contributed by atoms with Crippen LogP contribution in [0.5, 0.6) is 0 Å². The largest absolute Gasteiger partial charge is 0.379 e. The minimum absolute atomic E-state index is 0.142. The molecule has 0 radical (unpaired) electrons. The molecule has 0 saturated carbocycles. The molecule has 158 valence electrons. The van der Waals surface area contributed by atoms with E-state index in [0.29, 0.717) is 27.3 Å². The minimum atomic E-state index is -0.142. The second-order valence-corrected chi connectivity index (χ2v) is 9.27. The van der Waals surface area contributed by atoms with Crippen LogP contribution in [0.1, 0.15) is 22.3 Å². The van der Waals surface area contributed by atoms with Gasteiger partial charge in [-0.15, -0.1) is 0 Å². The molecule has 1 saturated heterocycles. The number of halogens is 2. The fraction of sp³-hybridized carbons (Fsp3) is 0.364. The summed E-state index contributed by atoms with van der Waals surface area (Å²) in [5.74, 6) is -0.142. The van der Waals surface area contributed by atoms with Crippen molar-refractivity contribution in [2.24, 2.45) is 0 Å². The van der Waals surface area contributed by atoms with Gasteiger partial charge in [0.1, 0.15) is 0 Å². The van der Waals surface area contributed by atoms with E-state index in [1.54, 1.807) is 23.1 Å². The Labute approximate surface area is 190 Å². The quantitative estimate of drug-likeness (QED) is 0.498. The van der Waals surface area contributed by atoms with Gasteiger partial charge in [0.2, 0.25) is 0 Å². The monoisotopic (exact) mass is 463 g/mol. The number of hydrogen-bond donors (Lipinski definition) is 0. The SMILES string of the molecule is Cc1ccc2nc(N(CCCN3CCOCC3)C(=O)c3cc(Cl)cc(Cl)c3)sc2c1. The van der Waals surface area contributed by atoms with Crippen molar-refractivity contribution in [3.8, 4) is 0 Å². The lowest BCUT2D eigenvalue weighted by Gasteiger charge is -2.27. The van der Waals surface area contributed by atoms with Gasteiger partial charge in [-0.25, -0.2) is 4.98 Å². The van der Waals surface area contributed by atoms with Crippen molar-refractivity contribution in [3.63, 3.8) is 0 Å². The number of anilines is 1. The van der Waals surface area contributed by atoms with Gasteiger partial charge in [0.15, 0.2) is 5.13 Å². The summed E-state index contributed by atoms with van der Waals surface area (Å²) in [5, 5.41) is 1.58. The van der Waals surface area contributed by atoms with Gasteiger partial charge < -0.3 is 4.74 Å². The number of rotatable bonds is 6. The molecule has 1 amide bonds. The third-order valence-electron chi connectivity index (χ3n) is 5.08. The van der Waals surface area contributed by atoms with Gasteiger partial charge in [0.25, 0.3) is 5.91 Å². The van der Waals surface area contributed by atoms with Gasteiger partial charge >= 0.3 is 0 Å². The van der Waals surface area contributed by atoms with Crippen LogP contribution in [0.15, 0.2) is 36.4 Å². The number of aryl methyl sites for hydroxylation is 1. The first-order valence-electron chi connectivity index (χ1n) is 9.95. The average molecular weight is 464 g/mol. The molecule has 0 aliphatic carbocycles. The van der Waals surface area contributed by atoms with Crippen molar-refractivity contribution in [1.29, 1.82) is 0 Å². The number of amides is 1. The van der Waals surface area contributed by atoms with Gasteiger partial charge in [-0.2, -0.15) is 0 Å². The number of benzene rings is 2. The van der Waals surface area contributed by atoms with E-state index in [2.05, 4.69) is 17.9 Å². The van der Waals surface area contributed by atoms with E-state index in [1.807, 2.05) is 12.1 Å². The van der Waals surface area contributed by atoms with Crippen molar-refractivity contribution in [3.05, 3.63) is 57.6 Å². The van der Waals surface area contributed by atoms with E-state index in [9.17, 15) is 4.79 Å². The molecule has 0 spiro atoms. The van der Waals surface area contributed by atoms with E-state index < -0.39 is 0 Å². The number of fused-ring (bicyclic) bond motifs is 1. The number of aromatic nitrogens is 1. The van der Waals surface area contributed by atoms with Gasteiger partial charge in [-0.3, -0.25) is 14.6 Å². The number of carbonyl (C=O) groups excluding carboxylic acids is 1. The number of nitrogens with zero attached hydrogens (tertiary/aromatic N) is 3. The molecule has 1 aliphatic rings. The summed E-state index contributed by atoms with van der Waals surface area (Å²) in [4.78, 5) is 22.3. The third-order valence-corrected chi connectivity index (χ3v) is 6.56. The lowest BCUT2D eigenvalue weighted by molar-refractivity contribution is 0.0376. The van der Waals surface area contributed by atoms with Crippen molar-refractivity contribution in [1.82, 2.24) is 9.88 Å². The van der Waals surface area contributed by atoms with Gasteiger partial charge in [0, 0.05) is 41.8 Å². The summed E-state index contributed by atoms with van der Waals surface area (Å²) in [6.07, 6.45) is 0.842. The fourth-order valence-corrected chi connectivity index (χ4v) is 5.14. The van der Waals surface area contributed by atoms with Crippen LogP contribution in [0.25, 0.3) is 10.2 Å². The Hall–Kier alpha value is -1.70. The van der Waals surface area contributed by atoms with E-state index >= 15 is 0 Å². The molecule has 2 heterocycles. The third kappa shape index (κ3) is 5.13. The first-order valence-corrected chi connectivity index (χ1v) is 11.5. The highest BCUT2D eigenvalue weighted by Gasteiger charge is 2.22. The maximum atomic E-state index is 13.4. The zero-order chi connectivity index (χ0) is 21.1. The summed E-state index contributed by atoms with van der Waals surface area (Å²) >= 11 is 13.8. The Morgan fingerprint density at radius 2 is 1.90 bits per heavy atom. The zero-order valence-electron chi connectivity index (χ0n) is 16.7. The van der Waals surface area contributed by atoms with E-state index in [-0.39, 0.29) is 5.91 Å². The number of thiazole rings is 1. The summed E-state index contributed by atoms with van der Waals surface area (Å²) in [6, 6.07) is 11.1. The van der Waals surface area contributed by atoms with Crippen LogP contribution in [0.2, 0.25) is 10.0 Å². The van der Waals surface area contributed by atoms with Crippen LogP contribution in [-0.4, -0.2) is 55.2 Å². The normalized spacial score (nSPS) is 14.9. The number of ether oxygens (including phenoxy) is 1. The number of hydrogen-bond acceptors (Lipinski definition) is 5. The van der Waals surface area contributed by atoms with E-state index in [4.69, 9.17) is 32.9 Å². The summed E-state index contributed by atoms with van der Waals surface area (Å²) < 4.78 is 6.49. The van der Waals surface area contributed by atoms with Crippen LogP contribution in [0.4, 0.5) is 5.13 Å². The minimum Gasteiger partial charge on any atom is -0.379 e. The fourth-order valence-electron chi connectivity index (χ4n) is 3.53. The second-order valence-electron chi connectivity index (χ2n) is 7.39. The molecule has 5 nitrogen and oxygen atoms in total. The molecule has 3 aromatic rings. The molecule has 1 aromatic heterocycles. The predicted molar refractivity (Wildman–Crippen MR) is 124 cm³/mol. The summed E-state index contributed by atoms with van der Waals surface area (Å²) in [6.45, 7) is 6.92. The lowest BCUT2D eigenvalue weighted by Crippen LogP contribution is -2.39. The predicted octanol–water partition coefficient (Wildman–Crippen LogP) is 5.28. The highest BCUT2D eigenvalue weighted by molar-refractivity contribution is 7.22. The average Bonchev–Trinajstić information content (AvgIpc) is 3.13. The molecule has 8 heteroatoms. The Bertz CT molecular complexity index is 1030. The Morgan fingerprint density at radius 3 is 2.63 bits per heavy atom. The van der Waals surface area contributed by atoms with Crippen LogP contribution in [-0.2, 0) is 4.74 Å². The molecular formula is C22H23Cl2N3O2S. The van der Waals surface area contributed by atoms with Crippen LogP contribution in [0, 0.1) is 6.92 Å². The van der Waals surface area contributed by atoms with Crippen molar-refractivity contribution in [2.45, 2.75) is 13.3 Å². The van der Waals surface area contributed by atoms with Gasteiger partial charge in [0.05, 0.1) is 23.4 Å². The Morgan fingerprint density at radius 1 is 1.17 bits per heavy atom. The topological polar surface area (TPSA) is 45.7 Å². The van der Waals surface area contributed by atoms with Crippen molar-refractivity contribution < 1.29 is 9.53 Å². The highest BCUT2D eigenvalue weighted by Crippen LogP contribution is 2.31. The molecule has 4 rings (SSSR count). The lowest BCUT2D eigenvalue weighted by atomic mass is 10.2. The zero-order valence-corrected chi connectivity index (χ0v) is 19.1. The van der Waals surface area contributed by atoms with Crippen molar-refractivity contribution >= 4 is 55.8 Å². The first kappa shape index (κ1) is 21.5.